The van der Waals surface area contributed by atoms with E-state index in [1.54, 1.807) is 0 Å². The van der Waals surface area contributed by atoms with Gasteiger partial charge in [0.15, 0.2) is 0 Å². The molecule has 0 aliphatic carbocycles. The topological polar surface area (TPSA) is 27.0 Å². The molecule has 1 unspecified atom stereocenters. The van der Waals surface area contributed by atoms with E-state index >= 15 is 0 Å². The maximum absolute atomic E-state index is 9.30. The van der Waals surface area contributed by atoms with Gasteiger partial charge in [-0.1, -0.05) is 43.2 Å². The van der Waals surface area contributed by atoms with Crippen molar-refractivity contribution in [3.8, 4) is 6.07 Å². The van der Waals surface area contributed by atoms with Crippen molar-refractivity contribution in [2.24, 2.45) is 0 Å². The molecule has 1 aromatic carbocycles. The molecule has 0 N–H and O–H groups in total. The van der Waals surface area contributed by atoms with Crippen LogP contribution in [0, 0.1) is 11.3 Å². The van der Waals surface area contributed by atoms with Gasteiger partial charge in [0.2, 0.25) is 0 Å². The minimum atomic E-state index is 0.0225. The second-order valence-corrected chi connectivity index (χ2v) is 4.81. The molecule has 1 heterocycles. The van der Waals surface area contributed by atoms with Gasteiger partial charge in [-0.2, -0.15) is 5.26 Å². The van der Waals surface area contributed by atoms with E-state index in [-0.39, 0.29) is 5.92 Å². The zero-order valence-electron chi connectivity index (χ0n) is 10.3. The molecular formula is C15H20N2. The van der Waals surface area contributed by atoms with Crippen LogP contribution in [0.1, 0.15) is 37.2 Å². The monoisotopic (exact) mass is 228 g/mol. The molecule has 2 heteroatoms. The van der Waals surface area contributed by atoms with Crippen LogP contribution in [0.3, 0.4) is 0 Å². The zero-order chi connectivity index (χ0) is 11.9. The quantitative estimate of drug-likeness (QED) is 0.794. The first-order valence-corrected chi connectivity index (χ1v) is 6.57. The predicted octanol–water partition coefficient (Wildman–Crippen LogP) is 3.17. The fourth-order valence-corrected chi connectivity index (χ4v) is 2.48. The van der Waals surface area contributed by atoms with Crippen LogP contribution in [0.25, 0.3) is 0 Å². The van der Waals surface area contributed by atoms with Crippen molar-refractivity contribution < 1.29 is 0 Å². The van der Waals surface area contributed by atoms with Crippen molar-refractivity contribution in [2.75, 3.05) is 19.6 Å². The van der Waals surface area contributed by atoms with Gasteiger partial charge in [0, 0.05) is 6.54 Å². The molecule has 1 aliphatic rings. The van der Waals surface area contributed by atoms with Crippen LogP contribution < -0.4 is 0 Å². The second kappa shape index (κ2) is 6.42. The summed E-state index contributed by atoms with van der Waals surface area (Å²) in [6.07, 6.45) is 5.26. The summed E-state index contributed by atoms with van der Waals surface area (Å²) < 4.78 is 0. The number of hydrogen-bond donors (Lipinski definition) is 0. The predicted molar refractivity (Wildman–Crippen MR) is 69.7 cm³/mol. The third-order valence-corrected chi connectivity index (χ3v) is 3.50. The van der Waals surface area contributed by atoms with Crippen molar-refractivity contribution in [3.63, 3.8) is 0 Å². The number of likely N-dealkylation sites (tertiary alicyclic amines) is 1. The summed E-state index contributed by atoms with van der Waals surface area (Å²) in [6, 6.07) is 12.6. The third kappa shape index (κ3) is 3.57. The summed E-state index contributed by atoms with van der Waals surface area (Å²) in [5, 5.41) is 9.30. The lowest BCUT2D eigenvalue weighted by atomic mass is 10.00. The number of rotatable bonds is 3. The molecular weight excluding hydrogens is 208 g/mol. The summed E-state index contributed by atoms with van der Waals surface area (Å²) in [5.41, 5.74) is 1.15. The molecule has 90 valence electrons. The van der Waals surface area contributed by atoms with E-state index in [1.807, 2.05) is 18.2 Å². The van der Waals surface area contributed by atoms with Gasteiger partial charge >= 0.3 is 0 Å². The molecule has 2 rings (SSSR count). The molecule has 2 nitrogen and oxygen atoms in total. The number of nitriles is 1. The van der Waals surface area contributed by atoms with Gasteiger partial charge in [-0.3, -0.25) is 0 Å². The van der Waals surface area contributed by atoms with Crippen LogP contribution in [0.2, 0.25) is 0 Å². The van der Waals surface area contributed by atoms with E-state index in [2.05, 4.69) is 23.1 Å². The molecule has 0 aromatic heterocycles. The zero-order valence-corrected chi connectivity index (χ0v) is 10.3. The number of nitrogens with zero attached hydrogens (tertiary/aromatic N) is 2. The fourth-order valence-electron chi connectivity index (χ4n) is 2.48. The fraction of sp³-hybridized carbons (Fsp3) is 0.533. The lowest BCUT2D eigenvalue weighted by molar-refractivity contribution is 0.280. The summed E-state index contributed by atoms with van der Waals surface area (Å²) in [6.45, 7) is 3.20. The highest BCUT2D eigenvalue weighted by atomic mass is 15.1. The largest absolute Gasteiger partial charge is 0.302 e. The second-order valence-electron chi connectivity index (χ2n) is 4.81. The molecule has 0 bridgehead atoms. The van der Waals surface area contributed by atoms with Crippen molar-refractivity contribution in [1.82, 2.24) is 4.90 Å². The minimum absolute atomic E-state index is 0.0225. The van der Waals surface area contributed by atoms with Crippen LogP contribution in [0.4, 0.5) is 0 Å². The first-order valence-electron chi connectivity index (χ1n) is 6.57. The molecule has 1 aliphatic heterocycles. The highest BCUT2D eigenvalue weighted by molar-refractivity contribution is 5.25. The third-order valence-electron chi connectivity index (χ3n) is 3.50. The number of benzene rings is 1. The highest BCUT2D eigenvalue weighted by Crippen LogP contribution is 2.18. The normalized spacial score (nSPS) is 19.2. The summed E-state index contributed by atoms with van der Waals surface area (Å²) in [7, 11) is 0. The Morgan fingerprint density at radius 2 is 1.71 bits per heavy atom. The van der Waals surface area contributed by atoms with E-state index in [0.717, 1.165) is 25.2 Å². The molecule has 1 saturated heterocycles. The molecule has 1 aromatic rings. The maximum atomic E-state index is 9.30. The van der Waals surface area contributed by atoms with Crippen molar-refractivity contribution >= 4 is 0 Å². The SMILES string of the molecule is N#CC(CN1CCCCCC1)c1ccccc1. The minimum Gasteiger partial charge on any atom is -0.302 e. The molecule has 0 spiro atoms. The molecule has 0 saturated carbocycles. The average molecular weight is 228 g/mol. The van der Waals surface area contributed by atoms with E-state index in [0.29, 0.717) is 0 Å². The maximum Gasteiger partial charge on any atom is 0.0839 e. The molecule has 0 radical (unpaired) electrons. The summed E-state index contributed by atoms with van der Waals surface area (Å²) in [4.78, 5) is 2.45. The van der Waals surface area contributed by atoms with Gasteiger partial charge in [0.05, 0.1) is 12.0 Å². The number of hydrogen-bond acceptors (Lipinski definition) is 2. The van der Waals surface area contributed by atoms with E-state index in [9.17, 15) is 5.26 Å². The standard InChI is InChI=1S/C15H20N2/c16-12-15(14-8-4-3-5-9-14)13-17-10-6-1-2-7-11-17/h3-5,8-9,15H,1-2,6-7,10-11,13H2. The van der Waals surface area contributed by atoms with E-state index in [1.165, 1.54) is 25.7 Å². The Labute approximate surface area is 104 Å². The van der Waals surface area contributed by atoms with Crippen molar-refractivity contribution in [1.29, 1.82) is 5.26 Å². The Balaban J connectivity index is 1.98. The van der Waals surface area contributed by atoms with Crippen LogP contribution in [0.5, 0.6) is 0 Å². The van der Waals surface area contributed by atoms with Crippen LogP contribution in [-0.4, -0.2) is 24.5 Å². The van der Waals surface area contributed by atoms with Gasteiger partial charge in [0.25, 0.3) is 0 Å². The first kappa shape index (κ1) is 12.1. The molecule has 1 atom stereocenters. The smallest absolute Gasteiger partial charge is 0.0839 e. The Morgan fingerprint density at radius 3 is 2.29 bits per heavy atom. The van der Waals surface area contributed by atoms with Gasteiger partial charge < -0.3 is 4.90 Å². The summed E-state index contributed by atoms with van der Waals surface area (Å²) in [5.74, 6) is 0.0225. The highest BCUT2D eigenvalue weighted by Gasteiger charge is 2.16. The molecule has 1 fully saturated rings. The van der Waals surface area contributed by atoms with Gasteiger partial charge in [-0.25, -0.2) is 0 Å². The summed E-state index contributed by atoms with van der Waals surface area (Å²) >= 11 is 0. The van der Waals surface area contributed by atoms with Crippen molar-refractivity contribution in [2.45, 2.75) is 31.6 Å². The molecule has 17 heavy (non-hydrogen) atoms. The van der Waals surface area contributed by atoms with Crippen LogP contribution in [-0.2, 0) is 0 Å². The van der Waals surface area contributed by atoms with Gasteiger partial charge in [-0.05, 0) is 31.5 Å². The Bertz CT molecular complexity index is 358. The van der Waals surface area contributed by atoms with Crippen molar-refractivity contribution in [3.05, 3.63) is 35.9 Å². The van der Waals surface area contributed by atoms with E-state index in [4.69, 9.17) is 0 Å². The van der Waals surface area contributed by atoms with Gasteiger partial charge in [0.1, 0.15) is 0 Å². The first-order chi connectivity index (χ1) is 8.40. The van der Waals surface area contributed by atoms with Gasteiger partial charge in [-0.15, -0.1) is 0 Å². The lowest BCUT2D eigenvalue weighted by Crippen LogP contribution is -2.29. The van der Waals surface area contributed by atoms with E-state index < -0.39 is 0 Å². The average Bonchev–Trinajstić information content (AvgIpc) is 2.65. The Kier molecular flexibility index (Phi) is 4.58. The lowest BCUT2D eigenvalue weighted by Gasteiger charge is -2.22. The Morgan fingerprint density at radius 1 is 1.06 bits per heavy atom. The van der Waals surface area contributed by atoms with Crippen LogP contribution in [0.15, 0.2) is 30.3 Å². The molecule has 0 amide bonds. The Hall–Kier alpha value is -1.33. The van der Waals surface area contributed by atoms with Crippen LogP contribution >= 0.6 is 0 Å².